The van der Waals surface area contributed by atoms with Crippen molar-refractivity contribution in [2.75, 3.05) is 32.7 Å². The Hall–Kier alpha value is -0.610. The van der Waals surface area contributed by atoms with Gasteiger partial charge in [-0.05, 0) is 38.6 Å². The monoisotopic (exact) mass is 295 g/mol. The molecule has 122 valence electrons. The Morgan fingerprint density at radius 1 is 1.00 bits per heavy atom. The SMILES string of the molecule is NCCCN(CC(=O)N1CCCCCC1)C1CCCCC1. The Balaban J connectivity index is 1.87. The first-order chi connectivity index (χ1) is 10.3. The van der Waals surface area contributed by atoms with Gasteiger partial charge in [-0.3, -0.25) is 9.69 Å². The standard InChI is InChI=1S/C17H33N3O/c18-11-8-14-20(16-9-4-3-5-10-16)15-17(21)19-12-6-1-2-7-13-19/h16H,1-15,18H2. The molecule has 1 amide bonds. The summed E-state index contributed by atoms with van der Waals surface area (Å²) in [7, 11) is 0. The maximum absolute atomic E-state index is 12.6. The van der Waals surface area contributed by atoms with Crippen molar-refractivity contribution in [3.05, 3.63) is 0 Å². The molecule has 1 heterocycles. The van der Waals surface area contributed by atoms with E-state index in [4.69, 9.17) is 5.73 Å². The Morgan fingerprint density at radius 3 is 2.24 bits per heavy atom. The lowest BCUT2D eigenvalue weighted by Crippen LogP contribution is -2.46. The minimum absolute atomic E-state index is 0.347. The number of carbonyl (C=O) groups excluding carboxylic acids is 1. The fourth-order valence-corrected chi connectivity index (χ4v) is 3.73. The molecule has 0 unspecified atom stereocenters. The van der Waals surface area contributed by atoms with Crippen molar-refractivity contribution >= 4 is 5.91 Å². The summed E-state index contributed by atoms with van der Waals surface area (Å²) < 4.78 is 0. The van der Waals surface area contributed by atoms with Crippen molar-refractivity contribution in [2.45, 2.75) is 70.3 Å². The highest BCUT2D eigenvalue weighted by atomic mass is 16.2. The molecule has 0 spiro atoms. The summed E-state index contributed by atoms with van der Waals surface area (Å²) in [6.45, 7) is 4.26. The Labute approximate surface area is 130 Å². The van der Waals surface area contributed by atoms with E-state index in [1.165, 1.54) is 57.8 Å². The predicted molar refractivity (Wildman–Crippen MR) is 87.2 cm³/mol. The number of nitrogens with zero attached hydrogens (tertiary/aromatic N) is 2. The second-order valence-electron chi connectivity index (χ2n) is 6.70. The zero-order chi connectivity index (χ0) is 14.9. The topological polar surface area (TPSA) is 49.6 Å². The van der Waals surface area contributed by atoms with E-state index in [1.807, 2.05) is 0 Å². The molecule has 0 radical (unpaired) electrons. The molecule has 1 aliphatic carbocycles. The molecule has 4 nitrogen and oxygen atoms in total. The summed E-state index contributed by atoms with van der Waals surface area (Å²) >= 11 is 0. The molecule has 1 saturated heterocycles. The summed E-state index contributed by atoms with van der Waals surface area (Å²) in [4.78, 5) is 17.2. The van der Waals surface area contributed by atoms with Gasteiger partial charge in [0.25, 0.3) is 0 Å². The summed E-state index contributed by atoms with van der Waals surface area (Å²) in [5, 5.41) is 0. The molecule has 4 heteroatoms. The van der Waals surface area contributed by atoms with E-state index < -0.39 is 0 Å². The summed E-state index contributed by atoms with van der Waals surface area (Å²) in [6, 6.07) is 0.612. The van der Waals surface area contributed by atoms with Crippen LogP contribution in [-0.2, 0) is 4.79 Å². The quantitative estimate of drug-likeness (QED) is 0.818. The molecule has 1 saturated carbocycles. The minimum Gasteiger partial charge on any atom is -0.342 e. The minimum atomic E-state index is 0.347. The van der Waals surface area contributed by atoms with E-state index in [0.717, 1.165) is 32.6 Å². The molecule has 0 bridgehead atoms. The lowest BCUT2D eigenvalue weighted by atomic mass is 9.94. The number of hydrogen-bond acceptors (Lipinski definition) is 3. The highest BCUT2D eigenvalue weighted by Crippen LogP contribution is 2.23. The van der Waals surface area contributed by atoms with Crippen LogP contribution in [0.3, 0.4) is 0 Å². The summed E-state index contributed by atoms with van der Waals surface area (Å²) in [6.07, 6.45) is 12.5. The van der Waals surface area contributed by atoms with Crippen LogP contribution in [0.5, 0.6) is 0 Å². The molecule has 1 aliphatic heterocycles. The highest BCUT2D eigenvalue weighted by Gasteiger charge is 2.25. The van der Waals surface area contributed by atoms with Crippen molar-refractivity contribution in [2.24, 2.45) is 5.73 Å². The Kier molecular flexibility index (Phi) is 7.51. The fourth-order valence-electron chi connectivity index (χ4n) is 3.73. The van der Waals surface area contributed by atoms with Crippen LogP contribution in [0, 0.1) is 0 Å². The van der Waals surface area contributed by atoms with E-state index >= 15 is 0 Å². The average Bonchev–Trinajstić information content (AvgIpc) is 2.81. The first-order valence-corrected chi connectivity index (χ1v) is 9.03. The van der Waals surface area contributed by atoms with Crippen LogP contribution in [0.4, 0.5) is 0 Å². The molecule has 0 atom stereocenters. The van der Waals surface area contributed by atoms with Gasteiger partial charge in [0.15, 0.2) is 0 Å². The van der Waals surface area contributed by atoms with Crippen LogP contribution in [-0.4, -0.2) is 54.5 Å². The van der Waals surface area contributed by atoms with Crippen LogP contribution in [0.2, 0.25) is 0 Å². The predicted octanol–water partition coefficient (Wildman–Crippen LogP) is 2.37. The number of nitrogens with two attached hydrogens (primary N) is 1. The van der Waals surface area contributed by atoms with Gasteiger partial charge >= 0.3 is 0 Å². The molecule has 0 aromatic carbocycles. The van der Waals surface area contributed by atoms with Gasteiger partial charge in [0.1, 0.15) is 0 Å². The number of hydrogen-bond donors (Lipinski definition) is 1. The normalized spacial score (nSPS) is 21.5. The molecular formula is C17H33N3O. The number of carbonyl (C=O) groups is 1. The third-order valence-electron chi connectivity index (χ3n) is 5.04. The van der Waals surface area contributed by atoms with Gasteiger partial charge < -0.3 is 10.6 Å². The van der Waals surface area contributed by atoms with E-state index in [1.54, 1.807) is 0 Å². The largest absolute Gasteiger partial charge is 0.342 e. The second-order valence-corrected chi connectivity index (χ2v) is 6.70. The van der Waals surface area contributed by atoms with E-state index in [9.17, 15) is 4.79 Å². The molecule has 2 rings (SSSR count). The Morgan fingerprint density at radius 2 is 1.62 bits per heavy atom. The van der Waals surface area contributed by atoms with Gasteiger partial charge in [-0.1, -0.05) is 32.1 Å². The van der Waals surface area contributed by atoms with Gasteiger partial charge in [-0.25, -0.2) is 0 Å². The van der Waals surface area contributed by atoms with Gasteiger partial charge in [-0.15, -0.1) is 0 Å². The van der Waals surface area contributed by atoms with Crippen LogP contribution in [0.1, 0.15) is 64.2 Å². The maximum atomic E-state index is 12.6. The summed E-state index contributed by atoms with van der Waals surface area (Å²) in [5.74, 6) is 0.347. The van der Waals surface area contributed by atoms with Crippen molar-refractivity contribution in [1.29, 1.82) is 0 Å². The maximum Gasteiger partial charge on any atom is 0.236 e. The van der Waals surface area contributed by atoms with Crippen molar-refractivity contribution in [3.8, 4) is 0 Å². The number of amides is 1. The molecule has 2 aliphatic rings. The number of rotatable bonds is 6. The Bertz CT molecular complexity index is 294. The molecule has 0 aromatic rings. The van der Waals surface area contributed by atoms with Crippen LogP contribution in [0.15, 0.2) is 0 Å². The van der Waals surface area contributed by atoms with Crippen LogP contribution < -0.4 is 5.73 Å². The van der Waals surface area contributed by atoms with Crippen molar-refractivity contribution in [3.63, 3.8) is 0 Å². The highest BCUT2D eigenvalue weighted by molar-refractivity contribution is 5.78. The van der Waals surface area contributed by atoms with Crippen molar-refractivity contribution < 1.29 is 4.79 Å². The number of likely N-dealkylation sites (tertiary alicyclic amines) is 1. The molecular weight excluding hydrogens is 262 g/mol. The lowest BCUT2D eigenvalue weighted by Gasteiger charge is -2.35. The van der Waals surface area contributed by atoms with Gasteiger partial charge in [0, 0.05) is 25.7 Å². The first-order valence-electron chi connectivity index (χ1n) is 9.03. The lowest BCUT2D eigenvalue weighted by molar-refractivity contribution is -0.133. The van der Waals surface area contributed by atoms with E-state index in [0.29, 0.717) is 18.5 Å². The van der Waals surface area contributed by atoms with Crippen LogP contribution >= 0.6 is 0 Å². The van der Waals surface area contributed by atoms with Gasteiger partial charge in [0.2, 0.25) is 5.91 Å². The van der Waals surface area contributed by atoms with Gasteiger partial charge in [0.05, 0.1) is 6.54 Å². The smallest absolute Gasteiger partial charge is 0.236 e. The fraction of sp³-hybridized carbons (Fsp3) is 0.941. The third kappa shape index (κ3) is 5.59. The molecule has 2 N–H and O–H groups in total. The van der Waals surface area contributed by atoms with Crippen LogP contribution in [0.25, 0.3) is 0 Å². The average molecular weight is 295 g/mol. The van der Waals surface area contributed by atoms with Crippen molar-refractivity contribution in [1.82, 2.24) is 9.80 Å². The third-order valence-corrected chi connectivity index (χ3v) is 5.04. The van der Waals surface area contributed by atoms with E-state index in [2.05, 4.69) is 9.80 Å². The zero-order valence-electron chi connectivity index (χ0n) is 13.6. The molecule has 21 heavy (non-hydrogen) atoms. The summed E-state index contributed by atoms with van der Waals surface area (Å²) in [5.41, 5.74) is 5.68. The second kappa shape index (κ2) is 9.42. The zero-order valence-corrected chi connectivity index (χ0v) is 13.6. The molecule has 0 aromatic heterocycles. The van der Waals surface area contributed by atoms with Gasteiger partial charge in [-0.2, -0.15) is 0 Å². The van der Waals surface area contributed by atoms with E-state index in [-0.39, 0.29) is 0 Å². The first kappa shape index (κ1) is 16.8. The molecule has 2 fully saturated rings.